The van der Waals surface area contributed by atoms with Crippen molar-refractivity contribution in [1.82, 2.24) is 0 Å². The van der Waals surface area contributed by atoms with Gasteiger partial charge in [-0.3, -0.25) is 4.79 Å². The molecule has 1 heterocycles. The van der Waals surface area contributed by atoms with E-state index < -0.39 is 6.89 Å². The van der Waals surface area contributed by atoms with Crippen LogP contribution in [0.15, 0.2) is 119 Å². The quantitative estimate of drug-likeness (QED) is 0.228. The molecule has 1 amide bonds. The van der Waals surface area contributed by atoms with Gasteiger partial charge in [0.15, 0.2) is 11.5 Å². The van der Waals surface area contributed by atoms with E-state index in [1.165, 1.54) is 11.8 Å². The highest BCUT2D eigenvalue weighted by molar-refractivity contribution is 8.22. The van der Waals surface area contributed by atoms with Crippen LogP contribution in [0.5, 0.6) is 11.5 Å². The molecular weight excluding hydrogens is 523 g/mol. The molecule has 1 aliphatic heterocycles. The Hall–Kier alpha value is -4.30. The third-order valence-corrected chi connectivity index (χ3v) is 11.8. The molecule has 0 bridgehead atoms. The predicted molar refractivity (Wildman–Crippen MR) is 163 cm³/mol. The van der Waals surface area contributed by atoms with Crippen molar-refractivity contribution < 1.29 is 14.3 Å². The Kier molecular flexibility index (Phi) is 7.84. The molecular formula is C32H25N2O3PS. The summed E-state index contributed by atoms with van der Waals surface area (Å²) in [6.45, 7) is -2.70. The molecule has 5 nitrogen and oxygen atoms in total. The van der Waals surface area contributed by atoms with Crippen molar-refractivity contribution in [2.45, 2.75) is 0 Å². The maximum Gasteiger partial charge on any atom is 0.284 e. The Morgan fingerprint density at radius 1 is 0.795 bits per heavy atom. The van der Waals surface area contributed by atoms with Crippen LogP contribution in [0.3, 0.4) is 0 Å². The molecule has 0 radical (unpaired) electrons. The minimum absolute atomic E-state index is 0.389. The number of methoxy groups -OCH3 is 2. The first-order valence-corrected chi connectivity index (χ1v) is 14.8. The van der Waals surface area contributed by atoms with Gasteiger partial charge in [0.1, 0.15) is 11.1 Å². The van der Waals surface area contributed by atoms with Crippen LogP contribution < -0.4 is 25.4 Å². The number of aliphatic imine (C=N–C) groups is 1. The largest absolute Gasteiger partial charge is 0.493 e. The molecule has 39 heavy (non-hydrogen) atoms. The summed E-state index contributed by atoms with van der Waals surface area (Å²) in [5.41, 5.74) is 0.692. The Labute approximate surface area is 232 Å². The lowest BCUT2D eigenvalue weighted by Crippen LogP contribution is -2.32. The minimum atomic E-state index is -2.70. The summed E-state index contributed by atoms with van der Waals surface area (Å²) in [7, 11) is 3.13. The Morgan fingerprint density at radius 2 is 1.33 bits per heavy atom. The molecule has 0 N–H and O–H groups in total. The van der Waals surface area contributed by atoms with Gasteiger partial charge in [-0.05, 0) is 34.9 Å². The molecule has 4 aromatic rings. The van der Waals surface area contributed by atoms with Gasteiger partial charge in [0, 0.05) is 5.56 Å². The van der Waals surface area contributed by atoms with Gasteiger partial charge in [-0.25, -0.2) is 4.99 Å². The molecule has 7 heteroatoms. The maximum atomic E-state index is 13.2. The highest BCUT2D eigenvalue weighted by Gasteiger charge is 2.35. The second kappa shape index (κ2) is 11.6. The number of para-hydroxylation sites is 1. The molecule has 0 saturated heterocycles. The normalized spacial score (nSPS) is 14.0. The zero-order chi connectivity index (χ0) is 27.2. The third-order valence-electron chi connectivity index (χ3n) is 6.41. The van der Waals surface area contributed by atoms with E-state index in [0.29, 0.717) is 32.3 Å². The first kappa shape index (κ1) is 26.3. The molecule has 0 saturated carbocycles. The van der Waals surface area contributed by atoms with Crippen molar-refractivity contribution in [2.24, 2.45) is 4.99 Å². The molecule has 0 fully saturated rings. The van der Waals surface area contributed by atoms with Gasteiger partial charge in [0.05, 0.1) is 24.4 Å². The van der Waals surface area contributed by atoms with Crippen molar-refractivity contribution >= 4 is 56.9 Å². The summed E-state index contributed by atoms with van der Waals surface area (Å²) in [5.74, 6) is 0.702. The van der Waals surface area contributed by atoms with Crippen molar-refractivity contribution in [2.75, 3.05) is 14.2 Å². The average molecular weight is 549 g/mol. The second-order valence-electron chi connectivity index (χ2n) is 8.55. The summed E-state index contributed by atoms with van der Waals surface area (Å²) in [4.78, 5) is 18.1. The molecule has 5 rings (SSSR count). The number of hydrogen-bond acceptors (Lipinski definition) is 5. The van der Waals surface area contributed by atoms with E-state index in [1.807, 2.05) is 66.7 Å². The molecule has 0 spiro atoms. The van der Waals surface area contributed by atoms with Gasteiger partial charge in [-0.1, -0.05) is 115 Å². The number of hydrogen-bond donors (Lipinski definition) is 0. The summed E-state index contributed by atoms with van der Waals surface area (Å²) in [6.07, 6.45) is 1.74. The summed E-state index contributed by atoms with van der Waals surface area (Å²) >= 11 is 1.22. The monoisotopic (exact) mass is 548 g/mol. The topological polar surface area (TPSA) is 71.7 Å². The number of benzene rings is 4. The van der Waals surface area contributed by atoms with Crippen LogP contribution in [0, 0.1) is 11.3 Å². The first-order chi connectivity index (χ1) is 19.1. The lowest BCUT2D eigenvalue weighted by Gasteiger charge is -2.30. The van der Waals surface area contributed by atoms with Crippen LogP contribution in [0.1, 0.15) is 5.56 Å². The Balaban J connectivity index is 1.77. The van der Waals surface area contributed by atoms with Gasteiger partial charge in [0.25, 0.3) is 5.91 Å². The highest BCUT2D eigenvalue weighted by atomic mass is 32.2. The number of amides is 1. The van der Waals surface area contributed by atoms with E-state index in [0.717, 1.165) is 15.9 Å². The van der Waals surface area contributed by atoms with Crippen LogP contribution in [-0.2, 0) is 4.79 Å². The van der Waals surface area contributed by atoms with Gasteiger partial charge in [-0.2, -0.15) is 5.26 Å². The number of carbonyl (C=O) groups is 1. The van der Waals surface area contributed by atoms with Crippen molar-refractivity contribution in [3.8, 4) is 17.6 Å². The smallest absolute Gasteiger partial charge is 0.284 e. The Bertz CT molecular complexity index is 1570. The zero-order valence-corrected chi connectivity index (χ0v) is 23.2. The fourth-order valence-electron chi connectivity index (χ4n) is 4.73. The summed E-state index contributed by atoms with van der Waals surface area (Å²) in [6, 6.07) is 38.2. The second-order valence-corrected chi connectivity index (χ2v) is 12.9. The molecule has 0 aliphatic carbocycles. The number of carbonyl (C=O) groups excluding carboxylic acids is 1. The van der Waals surface area contributed by atoms with E-state index in [-0.39, 0.29) is 5.91 Å². The number of nitriles is 1. The highest BCUT2D eigenvalue weighted by Crippen LogP contribution is 2.48. The van der Waals surface area contributed by atoms with Crippen LogP contribution in [0.25, 0.3) is 6.08 Å². The van der Waals surface area contributed by atoms with Crippen LogP contribution in [-0.4, -0.2) is 30.5 Å². The van der Waals surface area contributed by atoms with Crippen molar-refractivity contribution in [3.63, 3.8) is 0 Å². The first-order valence-electron chi connectivity index (χ1n) is 12.2. The van der Waals surface area contributed by atoms with Crippen LogP contribution in [0.2, 0.25) is 0 Å². The van der Waals surface area contributed by atoms with E-state index in [4.69, 9.17) is 9.47 Å². The van der Waals surface area contributed by atoms with Gasteiger partial charge in [0.2, 0.25) is 0 Å². The fourth-order valence-corrected chi connectivity index (χ4v) is 10.1. The fraction of sp³-hybridized carbons (Fsp3) is 0.0625. The van der Waals surface area contributed by atoms with Crippen molar-refractivity contribution in [1.29, 1.82) is 5.26 Å². The average Bonchev–Trinajstić information content (AvgIpc) is 3.36. The van der Waals surface area contributed by atoms with Crippen LogP contribution in [0.4, 0.5) is 0 Å². The molecule has 1 aliphatic rings. The number of ether oxygens (including phenoxy) is 2. The van der Waals surface area contributed by atoms with E-state index in [9.17, 15) is 10.1 Å². The standard InChI is InChI=1S/C32H25N2O3PS/c1-36-27-20-12-13-23(30(27)37-2)21-29-31(35)34-32(39-29)28(22-33)38(24-14-6-3-7-15-24,25-16-8-4-9-17-25)26-18-10-5-11-19-26/h3-21H,1-2H3/b29-21+. The van der Waals surface area contributed by atoms with Crippen LogP contribution >= 0.6 is 18.6 Å². The molecule has 192 valence electrons. The maximum absolute atomic E-state index is 13.2. The molecule has 0 aromatic heterocycles. The number of rotatable bonds is 7. The number of nitrogens with zero attached hydrogens (tertiary/aromatic N) is 2. The molecule has 0 unspecified atom stereocenters. The predicted octanol–water partition coefficient (Wildman–Crippen LogP) is 5.41. The summed E-state index contributed by atoms with van der Waals surface area (Å²) < 4.78 is 11.0. The van der Waals surface area contributed by atoms with Crippen molar-refractivity contribution in [3.05, 3.63) is 120 Å². The minimum Gasteiger partial charge on any atom is -0.493 e. The molecule has 4 aromatic carbocycles. The van der Waals surface area contributed by atoms with Gasteiger partial charge < -0.3 is 9.47 Å². The molecule has 0 atom stereocenters. The van der Waals surface area contributed by atoms with Gasteiger partial charge in [-0.15, -0.1) is 0 Å². The van der Waals surface area contributed by atoms with Gasteiger partial charge >= 0.3 is 0 Å². The van der Waals surface area contributed by atoms with E-state index >= 15 is 0 Å². The SMILES string of the molecule is COc1cccc(/C=C2/SC(C(C#N)=P(c3ccccc3)(c3ccccc3)c3ccccc3)=NC2=O)c1OC. The lowest BCUT2D eigenvalue weighted by molar-refractivity contribution is -0.113. The summed E-state index contributed by atoms with van der Waals surface area (Å²) in [5, 5.41) is 14.8. The zero-order valence-electron chi connectivity index (χ0n) is 21.4. The number of thioether (sulfide) groups is 1. The Morgan fingerprint density at radius 3 is 1.79 bits per heavy atom. The third kappa shape index (κ3) is 4.83. The van der Waals surface area contributed by atoms with E-state index in [1.54, 1.807) is 26.4 Å². The lowest BCUT2D eigenvalue weighted by atomic mass is 10.1. The van der Waals surface area contributed by atoms with E-state index in [2.05, 4.69) is 47.5 Å².